The number of carbonyl (C=O) groups excluding carboxylic acids is 1. The van der Waals surface area contributed by atoms with Crippen LogP contribution in [0.5, 0.6) is 0 Å². The molecular formula is C13H19ClN4O3. The minimum Gasteiger partial charge on any atom is -0.450 e. The summed E-state index contributed by atoms with van der Waals surface area (Å²) in [5, 5.41) is 7.31. The number of halogens is 1. The molecule has 0 unspecified atom stereocenters. The molecule has 8 heteroatoms. The van der Waals surface area contributed by atoms with Gasteiger partial charge in [-0.2, -0.15) is 5.10 Å². The van der Waals surface area contributed by atoms with Gasteiger partial charge in [0.1, 0.15) is 5.02 Å². The van der Waals surface area contributed by atoms with Crippen LogP contribution < -0.4 is 10.9 Å². The van der Waals surface area contributed by atoms with Crippen LogP contribution in [0, 0.1) is 0 Å². The standard InChI is InChI=1S/C13H19ClN4O3/c1-3-21-13(20)18-6-4-9(5-7-18)16-10-8-15-17(2)12(19)11(10)14/h8-9,16H,3-7H2,1-2H3. The van der Waals surface area contributed by atoms with Crippen LogP contribution in [0.2, 0.25) is 5.02 Å². The summed E-state index contributed by atoms with van der Waals surface area (Å²) in [6, 6.07) is 0.155. The summed E-state index contributed by atoms with van der Waals surface area (Å²) in [4.78, 5) is 25.0. The molecule has 0 spiro atoms. The van der Waals surface area contributed by atoms with E-state index in [1.165, 1.54) is 4.68 Å². The van der Waals surface area contributed by atoms with Crippen molar-refractivity contribution < 1.29 is 9.53 Å². The highest BCUT2D eigenvalue weighted by Gasteiger charge is 2.24. The normalized spacial score (nSPS) is 15.9. The van der Waals surface area contributed by atoms with E-state index in [9.17, 15) is 9.59 Å². The second-order valence-corrected chi connectivity index (χ2v) is 5.28. The first-order valence-corrected chi connectivity index (χ1v) is 7.30. The zero-order valence-electron chi connectivity index (χ0n) is 12.1. The average molecular weight is 315 g/mol. The number of nitrogens with one attached hydrogen (secondary N) is 1. The van der Waals surface area contributed by atoms with Crippen molar-refractivity contribution in [2.24, 2.45) is 7.05 Å². The summed E-state index contributed by atoms with van der Waals surface area (Å²) in [7, 11) is 1.55. The quantitative estimate of drug-likeness (QED) is 0.914. The SMILES string of the molecule is CCOC(=O)N1CCC(Nc2cnn(C)c(=O)c2Cl)CC1. The highest BCUT2D eigenvalue weighted by atomic mass is 35.5. The lowest BCUT2D eigenvalue weighted by atomic mass is 10.1. The van der Waals surface area contributed by atoms with Crippen molar-refractivity contribution in [3.05, 3.63) is 21.6 Å². The molecule has 0 bridgehead atoms. The molecule has 2 heterocycles. The zero-order valence-corrected chi connectivity index (χ0v) is 12.9. The number of aromatic nitrogens is 2. The van der Waals surface area contributed by atoms with Crippen molar-refractivity contribution in [1.29, 1.82) is 0 Å². The molecule has 1 aliphatic rings. The molecular weight excluding hydrogens is 296 g/mol. The molecule has 0 aromatic carbocycles. The van der Waals surface area contributed by atoms with Gasteiger partial charge in [-0.25, -0.2) is 9.48 Å². The fraction of sp³-hybridized carbons (Fsp3) is 0.615. The Morgan fingerprint density at radius 3 is 2.81 bits per heavy atom. The average Bonchev–Trinajstić information content (AvgIpc) is 2.49. The van der Waals surface area contributed by atoms with Gasteiger partial charge in [-0.1, -0.05) is 11.6 Å². The van der Waals surface area contributed by atoms with Crippen LogP contribution in [-0.2, 0) is 11.8 Å². The van der Waals surface area contributed by atoms with Gasteiger partial charge in [0.2, 0.25) is 0 Å². The number of ether oxygens (including phenoxy) is 1. The van der Waals surface area contributed by atoms with Crippen LogP contribution in [0.25, 0.3) is 0 Å². The predicted molar refractivity (Wildman–Crippen MR) is 79.7 cm³/mol. The number of hydrogen-bond acceptors (Lipinski definition) is 5. The summed E-state index contributed by atoms with van der Waals surface area (Å²) >= 11 is 6.02. The number of nitrogens with zero attached hydrogens (tertiary/aromatic N) is 3. The van der Waals surface area contributed by atoms with Gasteiger partial charge < -0.3 is 15.0 Å². The summed E-state index contributed by atoms with van der Waals surface area (Å²) in [5.74, 6) is 0. The first-order chi connectivity index (χ1) is 10.0. The molecule has 0 aliphatic carbocycles. The Morgan fingerprint density at radius 1 is 1.52 bits per heavy atom. The molecule has 1 aromatic rings. The number of hydrogen-bond donors (Lipinski definition) is 1. The van der Waals surface area contributed by atoms with Crippen molar-refractivity contribution in [2.75, 3.05) is 25.0 Å². The Kier molecular flexibility index (Phi) is 5.06. The predicted octanol–water partition coefficient (Wildman–Crippen LogP) is 1.47. The van der Waals surface area contributed by atoms with Crippen LogP contribution in [0.1, 0.15) is 19.8 Å². The molecule has 1 aliphatic heterocycles. The van der Waals surface area contributed by atoms with Crippen LogP contribution in [0.15, 0.2) is 11.0 Å². The molecule has 1 saturated heterocycles. The lowest BCUT2D eigenvalue weighted by Crippen LogP contribution is -2.42. The van der Waals surface area contributed by atoms with Crippen molar-refractivity contribution in [3.63, 3.8) is 0 Å². The summed E-state index contributed by atoms with van der Waals surface area (Å²) in [6.45, 7) is 3.40. The molecule has 1 aromatic heterocycles. The van der Waals surface area contributed by atoms with Crippen LogP contribution in [0.3, 0.4) is 0 Å². The lowest BCUT2D eigenvalue weighted by Gasteiger charge is -2.32. The van der Waals surface area contributed by atoms with Crippen LogP contribution in [-0.4, -0.2) is 46.5 Å². The summed E-state index contributed by atoms with van der Waals surface area (Å²) < 4.78 is 6.17. The smallest absolute Gasteiger partial charge is 0.409 e. The maximum Gasteiger partial charge on any atom is 0.409 e. The fourth-order valence-electron chi connectivity index (χ4n) is 2.25. The van der Waals surface area contributed by atoms with Gasteiger partial charge >= 0.3 is 6.09 Å². The Balaban J connectivity index is 1.94. The van der Waals surface area contributed by atoms with E-state index in [0.29, 0.717) is 25.4 Å². The first kappa shape index (κ1) is 15.6. The van der Waals surface area contributed by atoms with Gasteiger partial charge in [0.15, 0.2) is 0 Å². The maximum atomic E-state index is 11.7. The zero-order chi connectivity index (χ0) is 15.4. The van der Waals surface area contributed by atoms with Gasteiger partial charge in [0.05, 0.1) is 18.5 Å². The molecule has 1 amide bonds. The number of carbonyl (C=O) groups is 1. The van der Waals surface area contributed by atoms with Gasteiger partial charge in [-0.15, -0.1) is 0 Å². The highest BCUT2D eigenvalue weighted by molar-refractivity contribution is 6.32. The molecule has 0 atom stereocenters. The molecule has 0 saturated carbocycles. The van der Waals surface area contributed by atoms with E-state index in [1.807, 2.05) is 0 Å². The van der Waals surface area contributed by atoms with Gasteiger partial charge in [-0.3, -0.25) is 4.79 Å². The van der Waals surface area contributed by atoms with Gasteiger partial charge in [0, 0.05) is 26.2 Å². The van der Waals surface area contributed by atoms with E-state index in [0.717, 1.165) is 12.8 Å². The Labute approximate surface area is 127 Å². The van der Waals surface area contributed by atoms with Gasteiger partial charge in [-0.05, 0) is 19.8 Å². The first-order valence-electron chi connectivity index (χ1n) is 6.93. The Hall–Kier alpha value is -1.76. The van der Waals surface area contributed by atoms with Gasteiger partial charge in [0.25, 0.3) is 5.56 Å². The second kappa shape index (κ2) is 6.80. The third-order valence-electron chi connectivity index (χ3n) is 3.46. The Bertz CT molecular complexity index is 567. The molecule has 1 N–H and O–H groups in total. The van der Waals surface area contributed by atoms with E-state index in [1.54, 1.807) is 25.1 Å². The summed E-state index contributed by atoms with van der Waals surface area (Å²) in [5.41, 5.74) is 0.208. The van der Waals surface area contributed by atoms with E-state index < -0.39 is 0 Å². The van der Waals surface area contributed by atoms with Crippen molar-refractivity contribution >= 4 is 23.4 Å². The van der Waals surface area contributed by atoms with E-state index in [4.69, 9.17) is 16.3 Å². The molecule has 1 fully saturated rings. The maximum absolute atomic E-state index is 11.7. The third-order valence-corrected chi connectivity index (χ3v) is 3.82. The number of aryl methyl sites for hydroxylation is 1. The monoisotopic (exact) mass is 314 g/mol. The topological polar surface area (TPSA) is 76.5 Å². The molecule has 21 heavy (non-hydrogen) atoms. The number of likely N-dealkylation sites (tertiary alicyclic amines) is 1. The van der Waals surface area contributed by atoms with Crippen molar-refractivity contribution in [2.45, 2.75) is 25.8 Å². The molecule has 116 valence electrons. The third kappa shape index (κ3) is 3.66. The van der Waals surface area contributed by atoms with E-state index in [-0.39, 0.29) is 22.7 Å². The van der Waals surface area contributed by atoms with Crippen molar-refractivity contribution in [3.8, 4) is 0 Å². The molecule has 2 rings (SSSR count). The number of amides is 1. The minimum atomic E-state index is -0.328. The largest absolute Gasteiger partial charge is 0.450 e. The molecule has 7 nitrogen and oxygen atoms in total. The Morgan fingerprint density at radius 2 is 2.19 bits per heavy atom. The summed E-state index contributed by atoms with van der Waals surface area (Å²) in [6.07, 6.45) is 2.81. The number of anilines is 1. The number of piperidine rings is 1. The fourth-order valence-corrected chi connectivity index (χ4v) is 2.48. The lowest BCUT2D eigenvalue weighted by molar-refractivity contribution is 0.0983. The second-order valence-electron chi connectivity index (χ2n) is 4.91. The number of rotatable bonds is 3. The van der Waals surface area contributed by atoms with Crippen molar-refractivity contribution in [1.82, 2.24) is 14.7 Å². The highest BCUT2D eigenvalue weighted by Crippen LogP contribution is 2.20. The molecule has 0 radical (unpaired) electrons. The van der Waals surface area contributed by atoms with Crippen LogP contribution in [0.4, 0.5) is 10.5 Å². The van der Waals surface area contributed by atoms with E-state index in [2.05, 4.69) is 10.4 Å². The van der Waals surface area contributed by atoms with Crippen LogP contribution >= 0.6 is 11.6 Å². The van der Waals surface area contributed by atoms with E-state index >= 15 is 0 Å². The minimum absolute atomic E-state index is 0.139.